The van der Waals surface area contributed by atoms with Crippen LogP contribution in [0.15, 0.2) is 0 Å². The van der Waals surface area contributed by atoms with Gasteiger partial charge in [-0.3, -0.25) is 10.1 Å². The van der Waals surface area contributed by atoms with E-state index < -0.39 is 18.1 Å². The molecule has 1 rings (SSSR count). The van der Waals surface area contributed by atoms with Crippen LogP contribution in [0.3, 0.4) is 0 Å². The summed E-state index contributed by atoms with van der Waals surface area (Å²) in [5.74, 6) is -0.406. The Bertz CT molecular complexity index is 260. The Hall–Kier alpha value is -1.17. The number of nitrogens with zero attached hydrogens (tertiary/aromatic N) is 1. The first-order valence-corrected chi connectivity index (χ1v) is 5.41. The first-order chi connectivity index (χ1) is 7.54. The quantitative estimate of drug-likeness (QED) is 0.412. The molecular weight excluding hydrogens is 214 g/mol. The summed E-state index contributed by atoms with van der Waals surface area (Å²) in [6.07, 6.45) is 1.64. The third kappa shape index (κ3) is 3.44. The highest BCUT2D eigenvalue weighted by Crippen LogP contribution is 2.23. The molecule has 92 valence electrons. The smallest absolute Gasteiger partial charge is 0.334 e. The van der Waals surface area contributed by atoms with Crippen LogP contribution in [0, 0.1) is 10.1 Å². The number of carbonyl (C=O) groups is 1. The normalized spacial score (nSPS) is 27.1. The monoisotopic (exact) mass is 231 g/mol. The number of hydrogen-bond donors (Lipinski definition) is 0. The molecule has 6 nitrogen and oxygen atoms in total. The molecule has 0 aromatic heterocycles. The topological polar surface area (TPSA) is 78.7 Å². The molecule has 1 aliphatic rings. The second kappa shape index (κ2) is 5.79. The zero-order valence-corrected chi connectivity index (χ0v) is 9.55. The molecule has 6 heteroatoms. The van der Waals surface area contributed by atoms with Crippen molar-refractivity contribution in [1.82, 2.24) is 0 Å². The van der Waals surface area contributed by atoms with E-state index in [4.69, 9.17) is 4.74 Å². The van der Waals surface area contributed by atoms with Gasteiger partial charge in [-0.25, -0.2) is 4.79 Å². The fraction of sp³-hybridized carbons (Fsp3) is 0.900. The third-order valence-corrected chi connectivity index (χ3v) is 2.87. The molecule has 16 heavy (non-hydrogen) atoms. The van der Waals surface area contributed by atoms with Gasteiger partial charge in [0.15, 0.2) is 6.10 Å². The van der Waals surface area contributed by atoms with Gasteiger partial charge in [0.2, 0.25) is 6.04 Å². The molecule has 0 N–H and O–H groups in total. The Balaban J connectivity index is 2.32. The predicted molar refractivity (Wildman–Crippen MR) is 55.6 cm³/mol. The lowest BCUT2D eigenvalue weighted by Gasteiger charge is -2.26. The van der Waals surface area contributed by atoms with E-state index in [1.54, 1.807) is 6.92 Å². The van der Waals surface area contributed by atoms with E-state index >= 15 is 0 Å². The molecule has 0 aromatic rings. The molecule has 1 aliphatic carbocycles. The fourth-order valence-corrected chi connectivity index (χ4v) is 1.90. The molecule has 0 amide bonds. The summed E-state index contributed by atoms with van der Waals surface area (Å²) in [6.45, 7) is 1.63. The van der Waals surface area contributed by atoms with Gasteiger partial charge >= 0.3 is 5.97 Å². The standard InChI is InChI=1S/C10H17NO5/c1-7(10(12)15-2)16-9-5-3-8(4-6-9)11(13)14/h7-9H,3-6H2,1-2H3. The molecule has 0 saturated heterocycles. The Kier molecular flexibility index (Phi) is 4.67. The highest BCUT2D eigenvalue weighted by Gasteiger charge is 2.30. The summed E-state index contributed by atoms with van der Waals surface area (Å²) in [5.41, 5.74) is 0. The van der Waals surface area contributed by atoms with E-state index in [0.717, 1.165) is 0 Å². The molecular formula is C10H17NO5. The van der Waals surface area contributed by atoms with E-state index in [1.165, 1.54) is 7.11 Å². The Labute approximate surface area is 94.1 Å². The van der Waals surface area contributed by atoms with Crippen LogP contribution in [-0.4, -0.2) is 36.3 Å². The van der Waals surface area contributed by atoms with Gasteiger partial charge < -0.3 is 9.47 Å². The average Bonchev–Trinajstić information content (AvgIpc) is 2.28. The summed E-state index contributed by atoms with van der Waals surface area (Å²) in [6, 6.07) is -0.451. The number of hydrogen-bond acceptors (Lipinski definition) is 5. The zero-order chi connectivity index (χ0) is 12.1. The van der Waals surface area contributed by atoms with Crippen molar-refractivity contribution in [2.75, 3.05) is 7.11 Å². The molecule has 0 heterocycles. The predicted octanol–water partition coefficient (Wildman–Crippen LogP) is 1.15. The SMILES string of the molecule is COC(=O)C(C)OC1CCC([N+](=O)[O-])CC1. The van der Waals surface area contributed by atoms with Crippen molar-refractivity contribution in [3.63, 3.8) is 0 Å². The molecule has 0 bridgehead atoms. The minimum atomic E-state index is -0.595. The van der Waals surface area contributed by atoms with Gasteiger partial charge in [-0.1, -0.05) is 0 Å². The first-order valence-electron chi connectivity index (χ1n) is 5.41. The van der Waals surface area contributed by atoms with E-state index in [2.05, 4.69) is 4.74 Å². The van der Waals surface area contributed by atoms with Gasteiger partial charge in [0, 0.05) is 17.8 Å². The van der Waals surface area contributed by atoms with Gasteiger partial charge in [-0.15, -0.1) is 0 Å². The second-order valence-corrected chi connectivity index (χ2v) is 4.02. The van der Waals surface area contributed by atoms with Crippen LogP contribution in [0.25, 0.3) is 0 Å². The Morgan fingerprint density at radius 2 is 1.94 bits per heavy atom. The summed E-state index contributed by atoms with van der Waals surface area (Å²) in [5, 5.41) is 10.5. The summed E-state index contributed by atoms with van der Waals surface area (Å²) in [4.78, 5) is 21.4. The molecule has 1 atom stereocenters. The number of nitro groups is 1. The molecule has 0 radical (unpaired) electrons. The Morgan fingerprint density at radius 1 is 1.38 bits per heavy atom. The molecule has 1 saturated carbocycles. The molecule has 1 fully saturated rings. The summed E-state index contributed by atoms with van der Waals surface area (Å²) >= 11 is 0. The average molecular weight is 231 g/mol. The molecule has 0 spiro atoms. The van der Waals surface area contributed by atoms with E-state index in [-0.39, 0.29) is 11.0 Å². The van der Waals surface area contributed by atoms with Crippen LogP contribution in [0.2, 0.25) is 0 Å². The molecule has 1 unspecified atom stereocenters. The minimum absolute atomic E-state index is 0.0645. The summed E-state index contributed by atoms with van der Waals surface area (Å²) < 4.78 is 10.0. The van der Waals surface area contributed by atoms with Crippen molar-refractivity contribution < 1.29 is 19.2 Å². The van der Waals surface area contributed by atoms with E-state index in [1.807, 2.05) is 0 Å². The molecule has 0 aliphatic heterocycles. The maximum atomic E-state index is 11.1. The maximum absolute atomic E-state index is 11.1. The van der Waals surface area contributed by atoms with Crippen LogP contribution in [0.1, 0.15) is 32.6 Å². The largest absolute Gasteiger partial charge is 0.467 e. The Morgan fingerprint density at radius 3 is 2.38 bits per heavy atom. The first kappa shape index (κ1) is 12.9. The lowest BCUT2D eigenvalue weighted by molar-refractivity contribution is -0.527. The fourth-order valence-electron chi connectivity index (χ4n) is 1.90. The van der Waals surface area contributed by atoms with Gasteiger partial charge in [-0.05, 0) is 19.8 Å². The number of methoxy groups -OCH3 is 1. The lowest BCUT2D eigenvalue weighted by Crippen LogP contribution is -2.34. The van der Waals surface area contributed by atoms with Gasteiger partial charge in [0.25, 0.3) is 0 Å². The maximum Gasteiger partial charge on any atom is 0.334 e. The van der Waals surface area contributed by atoms with E-state index in [9.17, 15) is 14.9 Å². The lowest BCUT2D eigenvalue weighted by atomic mass is 9.93. The second-order valence-electron chi connectivity index (χ2n) is 4.02. The third-order valence-electron chi connectivity index (χ3n) is 2.87. The number of carbonyl (C=O) groups excluding carboxylic acids is 1. The van der Waals surface area contributed by atoms with Crippen molar-refractivity contribution in [1.29, 1.82) is 0 Å². The van der Waals surface area contributed by atoms with Gasteiger partial charge in [0.1, 0.15) is 0 Å². The van der Waals surface area contributed by atoms with Crippen LogP contribution in [0.4, 0.5) is 0 Å². The van der Waals surface area contributed by atoms with Crippen molar-refractivity contribution in [2.45, 2.75) is 50.9 Å². The van der Waals surface area contributed by atoms with Crippen molar-refractivity contribution >= 4 is 5.97 Å². The molecule has 0 aromatic carbocycles. The van der Waals surface area contributed by atoms with Crippen LogP contribution in [-0.2, 0) is 14.3 Å². The van der Waals surface area contributed by atoms with Crippen molar-refractivity contribution in [3.05, 3.63) is 10.1 Å². The van der Waals surface area contributed by atoms with Crippen molar-refractivity contribution in [2.24, 2.45) is 0 Å². The van der Waals surface area contributed by atoms with Gasteiger partial charge in [0.05, 0.1) is 13.2 Å². The summed E-state index contributed by atoms with van der Waals surface area (Å²) in [7, 11) is 1.31. The number of rotatable bonds is 4. The highest BCUT2D eigenvalue weighted by atomic mass is 16.6. The number of esters is 1. The highest BCUT2D eigenvalue weighted by molar-refractivity contribution is 5.73. The van der Waals surface area contributed by atoms with Crippen LogP contribution >= 0.6 is 0 Å². The van der Waals surface area contributed by atoms with Gasteiger partial charge in [-0.2, -0.15) is 0 Å². The van der Waals surface area contributed by atoms with Crippen molar-refractivity contribution in [3.8, 4) is 0 Å². The van der Waals surface area contributed by atoms with Crippen LogP contribution < -0.4 is 0 Å². The minimum Gasteiger partial charge on any atom is -0.467 e. The zero-order valence-electron chi connectivity index (χ0n) is 9.55. The van der Waals surface area contributed by atoms with Crippen LogP contribution in [0.5, 0.6) is 0 Å². The van der Waals surface area contributed by atoms with E-state index in [0.29, 0.717) is 25.7 Å². The number of ether oxygens (including phenoxy) is 2.